The summed E-state index contributed by atoms with van der Waals surface area (Å²) >= 11 is 0. The molecule has 1 unspecified atom stereocenters. The zero-order valence-corrected chi connectivity index (χ0v) is 10.9. The van der Waals surface area contributed by atoms with E-state index in [1.54, 1.807) is 6.20 Å². The molecule has 98 valence electrons. The molecule has 0 aliphatic carbocycles. The number of nitrogens with one attached hydrogen (secondary N) is 1. The number of imidazole rings is 1. The van der Waals surface area contributed by atoms with Crippen LogP contribution in [0.2, 0.25) is 0 Å². The van der Waals surface area contributed by atoms with Crippen LogP contribution in [0.15, 0.2) is 28.9 Å². The van der Waals surface area contributed by atoms with E-state index in [4.69, 9.17) is 10.3 Å². The fraction of sp³-hybridized carbons (Fsp3) is 0.462. The topological polar surface area (TPSA) is 69.0 Å². The van der Waals surface area contributed by atoms with Gasteiger partial charge in [0.2, 0.25) is 0 Å². The van der Waals surface area contributed by atoms with E-state index >= 15 is 0 Å². The summed E-state index contributed by atoms with van der Waals surface area (Å²) in [5.41, 5.74) is 2.78. The summed E-state index contributed by atoms with van der Waals surface area (Å²) in [5, 5.41) is 0. The first-order valence-electron chi connectivity index (χ1n) is 6.35. The summed E-state index contributed by atoms with van der Waals surface area (Å²) in [6, 6.07) is 3.73. The predicted octanol–water partition coefficient (Wildman–Crippen LogP) is 2.00. The van der Waals surface area contributed by atoms with Crippen molar-refractivity contribution < 1.29 is 4.42 Å². The third-order valence-corrected chi connectivity index (χ3v) is 2.95. The van der Waals surface area contributed by atoms with Gasteiger partial charge in [0.25, 0.3) is 0 Å². The molecule has 2 aromatic rings. The minimum atomic E-state index is -0.202. The molecule has 3 N–H and O–H groups in total. The van der Waals surface area contributed by atoms with Crippen molar-refractivity contribution in [2.45, 2.75) is 39.3 Å². The average Bonchev–Trinajstić information content (AvgIpc) is 3.01. The third-order valence-electron chi connectivity index (χ3n) is 2.95. The smallest absolute Gasteiger partial charge is 0.137 e. The van der Waals surface area contributed by atoms with E-state index in [2.05, 4.69) is 28.8 Å². The molecule has 18 heavy (non-hydrogen) atoms. The van der Waals surface area contributed by atoms with Gasteiger partial charge in [0.15, 0.2) is 0 Å². The van der Waals surface area contributed by atoms with Crippen LogP contribution in [0, 0.1) is 0 Å². The Bertz CT molecular complexity index is 489. The Morgan fingerprint density at radius 3 is 2.89 bits per heavy atom. The van der Waals surface area contributed by atoms with Crippen LogP contribution in [0.1, 0.15) is 43.7 Å². The molecule has 0 radical (unpaired) electrons. The van der Waals surface area contributed by atoms with Crippen LogP contribution in [0.25, 0.3) is 0 Å². The highest BCUT2D eigenvalue weighted by Crippen LogP contribution is 2.22. The van der Waals surface area contributed by atoms with Gasteiger partial charge in [-0.2, -0.15) is 0 Å². The van der Waals surface area contributed by atoms with Gasteiger partial charge in [-0.25, -0.2) is 10.4 Å². The molecule has 0 aromatic carbocycles. The van der Waals surface area contributed by atoms with Gasteiger partial charge in [0.1, 0.15) is 23.4 Å². The summed E-state index contributed by atoms with van der Waals surface area (Å²) in [5.74, 6) is 8.29. The van der Waals surface area contributed by atoms with E-state index in [1.165, 1.54) is 0 Å². The van der Waals surface area contributed by atoms with Crippen LogP contribution in [-0.2, 0) is 13.0 Å². The summed E-state index contributed by atoms with van der Waals surface area (Å²) in [4.78, 5) is 4.38. The largest absolute Gasteiger partial charge is 0.464 e. The Kier molecular flexibility index (Phi) is 4.17. The van der Waals surface area contributed by atoms with Crippen LogP contribution in [-0.4, -0.2) is 9.55 Å². The molecule has 0 saturated heterocycles. The monoisotopic (exact) mass is 248 g/mol. The average molecular weight is 248 g/mol. The molecule has 0 saturated carbocycles. The summed E-state index contributed by atoms with van der Waals surface area (Å²) in [6.45, 7) is 5.12. The Morgan fingerprint density at radius 1 is 1.44 bits per heavy atom. The molecule has 0 bridgehead atoms. The molecular weight excluding hydrogens is 228 g/mol. The van der Waals surface area contributed by atoms with Crippen molar-refractivity contribution in [3.05, 3.63) is 41.9 Å². The van der Waals surface area contributed by atoms with E-state index in [-0.39, 0.29) is 6.04 Å². The van der Waals surface area contributed by atoms with Crippen LogP contribution >= 0.6 is 0 Å². The lowest BCUT2D eigenvalue weighted by atomic mass is 10.2. The Morgan fingerprint density at radius 2 is 2.28 bits per heavy atom. The fourth-order valence-corrected chi connectivity index (χ4v) is 2.03. The molecule has 0 fully saturated rings. The lowest BCUT2D eigenvalue weighted by Gasteiger charge is -2.15. The summed E-state index contributed by atoms with van der Waals surface area (Å²) < 4.78 is 7.84. The van der Waals surface area contributed by atoms with Crippen LogP contribution < -0.4 is 11.3 Å². The van der Waals surface area contributed by atoms with Crippen molar-refractivity contribution in [1.29, 1.82) is 0 Å². The quantitative estimate of drug-likeness (QED) is 0.606. The minimum absolute atomic E-state index is 0.202. The first kappa shape index (κ1) is 12.9. The van der Waals surface area contributed by atoms with Crippen LogP contribution in [0.4, 0.5) is 0 Å². The number of furan rings is 1. The Balaban J connectivity index is 2.29. The SMILES string of the molecule is CCCn1ccnc1C(NN)c1ccc(CC)o1. The molecule has 1 atom stereocenters. The van der Waals surface area contributed by atoms with Crippen molar-refractivity contribution in [3.63, 3.8) is 0 Å². The Hall–Kier alpha value is -1.59. The molecular formula is C13H20N4O. The molecule has 0 aliphatic rings. The molecule has 2 aromatic heterocycles. The second-order valence-electron chi connectivity index (χ2n) is 4.24. The van der Waals surface area contributed by atoms with Gasteiger partial charge < -0.3 is 8.98 Å². The van der Waals surface area contributed by atoms with Gasteiger partial charge in [0.05, 0.1) is 0 Å². The number of rotatable bonds is 6. The van der Waals surface area contributed by atoms with E-state index < -0.39 is 0 Å². The van der Waals surface area contributed by atoms with Gasteiger partial charge in [-0.1, -0.05) is 13.8 Å². The van der Waals surface area contributed by atoms with Crippen molar-refractivity contribution in [2.24, 2.45) is 5.84 Å². The van der Waals surface area contributed by atoms with E-state index in [1.807, 2.05) is 18.3 Å². The van der Waals surface area contributed by atoms with E-state index in [0.29, 0.717) is 0 Å². The molecule has 5 nitrogen and oxygen atoms in total. The van der Waals surface area contributed by atoms with Crippen molar-refractivity contribution in [1.82, 2.24) is 15.0 Å². The highest BCUT2D eigenvalue weighted by atomic mass is 16.3. The van der Waals surface area contributed by atoms with Gasteiger partial charge in [-0.15, -0.1) is 0 Å². The van der Waals surface area contributed by atoms with Crippen molar-refractivity contribution >= 4 is 0 Å². The molecule has 2 heterocycles. The lowest BCUT2D eigenvalue weighted by Crippen LogP contribution is -2.30. The van der Waals surface area contributed by atoms with Crippen LogP contribution in [0.3, 0.4) is 0 Å². The van der Waals surface area contributed by atoms with Gasteiger partial charge in [-0.3, -0.25) is 5.84 Å². The molecule has 0 spiro atoms. The van der Waals surface area contributed by atoms with Gasteiger partial charge in [0, 0.05) is 25.4 Å². The zero-order chi connectivity index (χ0) is 13.0. The first-order chi connectivity index (χ1) is 8.80. The first-order valence-corrected chi connectivity index (χ1v) is 6.35. The molecule has 2 rings (SSSR count). The maximum Gasteiger partial charge on any atom is 0.137 e. The minimum Gasteiger partial charge on any atom is -0.464 e. The van der Waals surface area contributed by atoms with E-state index in [9.17, 15) is 0 Å². The maximum absolute atomic E-state index is 5.75. The molecule has 0 amide bonds. The normalized spacial score (nSPS) is 12.8. The Labute approximate surface area is 107 Å². The molecule has 5 heteroatoms. The van der Waals surface area contributed by atoms with Gasteiger partial charge in [-0.05, 0) is 18.6 Å². The predicted molar refractivity (Wildman–Crippen MR) is 69.8 cm³/mol. The number of aryl methyl sites for hydroxylation is 2. The second-order valence-corrected chi connectivity index (χ2v) is 4.24. The van der Waals surface area contributed by atoms with E-state index in [0.717, 1.165) is 36.7 Å². The number of nitrogens with zero attached hydrogens (tertiary/aromatic N) is 2. The van der Waals surface area contributed by atoms with Crippen LogP contribution in [0.5, 0.6) is 0 Å². The zero-order valence-electron chi connectivity index (χ0n) is 10.9. The number of hydrazine groups is 1. The summed E-state index contributed by atoms with van der Waals surface area (Å²) in [6.07, 6.45) is 5.69. The third kappa shape index (κ3) is 2.47. The van der Waals surface area contributed by atoms with Crippen molar-refractivity contribution in [2.75, 3.05) is 0 Å². The molecule has 0 aliphatic heterocycles. The number of aromatic nitrogens is 2. The fourth-order valence-electron chi connectivity index (χ4n) is 2.03. The number of hydrogen-bond donors (Lipinski definition) is 2. The summed E-state index contributed by atoms with van der Waals surface area (Å²) in [7, 11) is 0. The number of hydrogen-bond acceptors (Lipinski definition) is 4. The highest BCUT2D eigenvalue weighted by Gasteiger charge is 2.20. The van der Waals surface area contributed by atoms with Crippen molar-refractivity contribution in [3.8, 4) is 0 Å². The van der Waals surface area contributed by atoms with Gasteiger partial charge >= 0.3 is 0 Å². The maximum atomic E-state index is 5.75. The highest BCUT2D eigenvalue weighted by molar-refractivity contribution is 5.18. The second kappa shape index (κ2) is 5.84. The number of nitrogens with two attached hydrogens (primary N) is 1. The lowest BCUT2D eigenvalue weighted by molar-refractivity contribution is 0.409. The standard InChI is InChI=1S/C13H20N4O/c1-3-8-17-9-7-15-13(17)12(16-14)11-6-5-10(4-2)18-11/h5-7,9,12,16H,3-4,8,14H2,1-2H3.